The van der Waals surface area contributed by atoms with Gasteiger partial charge >= 0.3 is 0 Å². The van der Waals surface area contributed by atoms with E-state index in [0.717, 1.165) is 18.9 Å². The van der Waals surface area contributed by atoms with E-state index in [4.69, 9.17) is 28.3 Å². The van der Waals surface area contributed by atoms with Crippen molar-refractivity contribution in [3.63, 3.8) is 0 Å². The summed E-state index contributed by atoms with van der Waals surface area (Å²) in [5, 5.41) is 7.73. The smallest absolute Gasteiger partial charge is 0.253 e. The molecule has 1 aromatic rings. The maximum atomic E-state index is 12.1. The Kier molecular flexibility index (Phi) is 4.30. The summed E-state index contributed by atoms with van der Waals surface area (Å²) in [6.45, 7) is 2.04. The summed E-state index contributed by atoms with van der Waals surface area (Å²) in [5.41, 5.74) is 0.0185. The maximum absolute atomic E-state index is 12.1. The predicted octanol–water partition coefficient (Wildman–Crippen LogP) is 2.17. The number of nitrogens with one attached hydrogen (secondary N) is 1. The van der Waals surface area contributed by atoms with Crippen LogP contribution in [0.1, 0.15) is 30.1 Å². The molecule has 2 atom stereocenters. The molecule has 0 radical (unpaired) electrons. The Morgan fingerprint density at radius 1 is 1.45 bits per heavy atom. The summed E-state index contributed by atoms with van der Waals surface area (Å²) >= 11 is 11.8. The van der Waals surface area contributed by atoms with Gasteiger partial charge in [0.05, 0.1) is 10.6 Å². The van der Waals surface area contributed by atoms with Gasteiger partial charge in [-0.3, -0.25) is 4.79 Å². The van der Waals surface area contributed by atoms with Gasteiger partial charge in [-0.2, -0.15) is 0 Å². The molecule has 0 spiro atoms. The van der Waals surface area contributed by atoms with Crippen LogP contribution in [0.3, 0.4) is 0 Å². The highest BCUT2D eigenvalue weighted by atomic mass is 35.5. The monoisotopic (exact) mass is 336 g/mol. The van der Waals surface area contributed by atoms with Crippen LogP contribution in [0.2, 0.25) is 10.0 Å². The van der Waals surface area contributed by atoms with Crippen molar-refractivity contribution in [2.75, 3.05) is 0 Å². The van der Waals surface area contributed by atoms with Gasteiger partial charge in [0.1, 0.15) is 4.90 Å². The first kappa shape index (κ1) is 15.6. The predicted molar refractivity (Wildman–Crippen MR) is 77.5 cm³/mol. The van der Waals surface area contributed by atoms with Crippen molar-refractivity contribution >= 4 is 39.1 Å². The molecular formula is C12H14Cl2N2O3S. The molecule has 0 heterocycles. The standard InChI is InChI=1S/C12H14Cl2N2O3S/c1-2-6-3-9(6)16-12(17)8-4-7(13)5-10(11(8)14)20(15,18)19/h4-6,9H,2-3H2,1H3,(H,16,17)(H2,15,18,19). The van der Waals surface area contributed by atoms with Crippen LogP contribution in [0.25, 0.3) is 0 Å². The minimum Gasteiger partial charge on any atom is -0.349 e. The molecule has 1 aromatic carbocycles. The SMILES string of the molecule is CCC1CC1NC(=O)c1cc(Cl)cc(S(N)(=O)=O)c1Cl. The lowest BCUT2D eigenvalue weighted by Crippen LogP contribution is -2.27. The van der Waals surface area contributed by atoms with Crippen molar-refractivity contribution in [2.24, 2.45) is 11.1 Å². The van der Waals surface area contributed by atoms with Crippen LogP contribution in [0.4, 0.5) is 0 Å². The Balaban J connectivity index is 2.32. The normalized spacial score (nSPS) is 21.6. The molecule has 2 rings (SSSR count). The first-order valence-corrected chi connectivity index (χ1v) is 8.37. The fourth-order valence-corrected chi connectivity index (χ4v) is 3.51. The number of hydrogen-bond donors (Lipinski definition) is 2. The number of hydrogen-bond acceptors (Lipinski definition) is 3. The van der Waals surface area contributed by atoms with Crippen LogP contribution in [0.5, 0.6) is 0 Å². The molecule has 1 saturated carbocycles. The van der Waals surface area contributed by atoms with Gasteiger partial charge in [0, 0.05) is 11.1 Å². The second-order valence-electron chi connectivity index (χ2n) is 4.79. The van der Waals surface area contributed by atoms with E-state index in [1.807, 2.05) is 6.92 Å². The summed E-state index contributed by atoms with van der Waals surface area (Å²) < 4.78 is 22.8. The van der Waals surface area contributed by atoms with Crippen molar-refractivity contribution in [1.29, 1.82) is 0 Å². The van der Waals surface area contributed by atoms with Crippen molar-refractivity contribution in [3.8, 4) is 0 Å². The Bertz CT molecular complexity index is 661. The third kappa shape index (κ3) is 3.25. The average molecular weight is 337 g/mol. The molecule has 110 valence electrons. The number of primary sulfonamides is 1. The van der Waals surface area contributed by atoms with Gasteiger partial charge in [-0.25, -0.2) is 13.6 Å². The van der Waals surface area contributed by atoms with Crippen LogP contribution < -0.4 is 10.5 Å². The summed E-state index contributed by atoms with van der Waals surface area (Å²) in [5.74, 6) is 0.0259. The van der Waals surface area contributed by atoms with Crippen LogP contribution in [0, 0.1) is 5.92 Å². The van der Waals surface area contributed by atoms with Gasteiger partial charge in [0.2, 0.25) is 10.0 Å². The maximum Gasteiger partial charge on any atom is 0.253 e. The Labute approximate surface area is 127 Å². The topological polar surface area (TPSA) is 89.3 Å². The highest BCUT2D eigenvalue weighted by Gasteiger charge is 2.37. The van der Waals surface area contributed by atoms with E-state index in [9.17, 15) is 13.2 Å². The van der Waals surface area contributed by atoms with Gasteiger partial charge < -0.3 is 5.32 Å². The number of halogens is 2. The molecule has 5 nitrogen and oxygen atoms in total. The molecule has 3 N–H and O–H groups in total. The Morgan fingerprint density at radius 3 is 2.60 bits per heavy atom. The second kappa shape index (κ2) is 5.52. The molecule has 1 amide bonds. The molecule has 20 heavy (non-hydrogen) atoms. The Hall–Kier alpha value is -0.820. The molecule has 0 saturated heterocycles. The minimum absolute atomic E-state index is 0.0185. The Morgan fingerprint density at radius 2 is 2.10 bits per heavy atom. The molecule has 1 fully saturated rings. The van der Waals surface area contributed by atoms with E-state index < -0.39 is 15.9 Å². The largest absolute Gasteiger partial charge is 0.349 e. The van der Waals surface area contributed by atoms with Crippen LogP contribution in [-0.4, -0.2) is 20.4 Å². The molecular weight excluding hydrogens is 323 g/mol. The molecule has 2 unspecified atom stereocenters. The number of carbonyl (C=O) groups excluding carboxylic acids is 1. The average Bonchev–Trinajstić information content (AvgIpc) is 3.08. The first-order chi connectivity index (χ1) is 9.24. The van der Waals surface area contributed by atoms with E-state index in [1.165, 1.54) is 6.07 Å². The lowest BCUT2D eigenvalue weighted by atomic mass is 10.2. The van der Waals surface area contributed by atoms with E-state index in [0.29, 0.717) is 5.92 Å². The van der Waals surface area contributed by atoms with Crippen molar-refractivity contribution in [2.45, 2.75) is 30.7 Å². The number of nitrogens with two attached hydrogens (primary N) is 1. The molecule has 0 aliphatic heterocycles. The zero-order valence-electron chi connectivity index (χ0n) is 10.7. The van der Waals surface area contributed by atoms with Gasteiger partial charge in [0.15, 0.2) is 0 Å². The van der Waals surface area contributed by atoms with Gasteiger partial charge in [-0.05, 0) is 24.5 Å². The lowest BCUT2D eigenvalue weighted by Gasteiger charge is -2.10. The zero-order valence-corrected chi connectivity index (χ0v) is 13.0. The molecule has 1 aliphatic rings. The van der Waals surface area contributed by atoms with Gasteiger partial charge in [0.25, 0.3) is 5.91 Å². The van der Waals surface area contributed by atoms with E-state index in [2.05, 4.69) is 5.32 Å². The van der Waals surface area contributed by atoms with Gasteiger partial charge in [-0.15, -0.1) is 0 Å². The zero-order chi connectivity index (χ0) is 15.1. The lowest BCUT2D eigenvalue weighted by molar-refractivity contribution is 0.0949. The summed E-state index contributed by atoms with van der Waals surface area (Å²) in [6.07, 6.45) is 1.90. The molecule has 1 aliphatic carbocycles. The third-order valence-electron chi connectivity index (χ3n) is 3.32. The number of rotatable bonds is 4. The minimum atomic E-state index is -4.04. The van der Waals surface area contributed by atoms with Crippen molar-refractivity contribution < 1.29 is 13.2 Å². The third-order valence-corrected chi connectivity index (χ3v) is 4.99. The molecule has 0 aromatic heterocycles. The number of amides is 1. The number of carbonyl (C=O) groups is 1. The summed E-state index contributed by atoms with van der Waals surface area (Å²) in [4.78, 5) is 11.8. The van der Waals surface area contributed by atoms with Crippen molar-refractivity contribution in [3.05, 3.63) is 27.7 Å². The fourth-order valence-electron chi connectivity index (χ4n) is 2.06. The van der Waals surface area contributed by atoms with E-state index in [1.54, 1.807) is 0 Å². The van der Waals surface area contributed by atoms with E-state index >= 15 is 0 Å². The van der Waals surface area contributed by atoms with Crippen LogP contribution in [0.15, 0.2) is 17.0 Å². The fraction of sp³-hybridized carbons (Fsp3) is 0.417. The highest BCUT2D eigenvalue weighted by molar-refractivity contribution is 7.89. The second-order valence-corrected chi connectivity index (χ2v) is 7.14. The summed E-state index contributed by atoms with van der Waals surface area (Å²) in [6, 6.07) is 2.57. The van der Waals surface area contributed by atoms with Crippen LogP contribution in [-0.2, 0) is 10.0 Å². The molecule has 0 bridgehead atoms. The first-order valence-electron chi connectivity index (χ1n) is 6.06. The van der Waals surface area contributed by atoms with Crippen molar-refractivity contribution in [1.82, 2.24) is 5.32 Å². The quantitative estimate of drug-likeness (QED) is 0.882. The highest BCUT2D eigenvalue weighted by Crippen LogP contribution is 2.34. The molecule has 8 heteroatoms. The van der Waals surface area contributed by atoms with Crippen LogP contribution >= 0.6 is 23.2 Å². The summed E-state index contributed by atoms with van der Waals surface area (Å²) in [7, 11) is -4.04. The van der Waals surface area contributed by atoms with Gasteiger partial charge in [-0.1, -0.05) is 36.5 Å². The number of sulfonamides is 1. The van der Waals surface area contributed by atoms with E-state index in [-0.39, 0.29) is 26.5 Å². The number of benzene rings is 1.